The molecule has 0 saturated heterocycles. The number of ether oxygens (including phenoxy) is 1. The smallest absolute Gasteiger partial charge is 0.380 e. The number of thiazole rings is 1. The largest absolute Gasteiger partial charge is 0.496 e. The summed E-state index contributed by atoms with van der Waals surface area (Å²) in [7, 11) is -2.47. The highest BCUT2D eigenvalue weighted by atomic mass is 32.2. The molecule has 0 bridgehead atoms. The van der Waals surface area contributed by atoms with Gasteiger partial charge in [0, 0.05) is 11.8 Å². The number of nitrogens with zero attached hydrogens (tertiary/aromatic N) is 1. The van der Waals surface area contributed by atoms with E-state index in [0.717, 1.165) is 34.0 Å². The second-order valence-electron chi connectivity index (χ2n) is 7.39. The normalized spacial score (nSPS) is 12.2. The van der Waals surface area contributed by atoms with Crippen LogP contribution in [-0.2, 0) is 34.4 Å². The van der Waals surface area contributed by atoms with E-state index in [1.165, 1.54) is 23.5 Å². The van der Waals surface area contributed by atoms with Crippen molar-refractivity contribution in [2.75, 3.05) is 7.11 Å². The van der Waals surface area contributed by atoms with Crippen LogP contribution in [0, 0.1) is 0 Å². The van der Waals surface area contributed by atoms with Gasteiger partial charge in [0.2, 0.25) is 5.91 Å². The fourth-order valence-corrected chi connectivity index (χ4v) is 4.65. The van der Waals surface area contributed by atoms with Crippen LogP contribution in [-0.4, -0.2) is 26.4 Å². The Hall–Kier alpha value is -2.95. The molecule has 1 aromatic heterocycles. The number of hydrogen-bond donors (Lipinski definition) is 2. The Bertz CT molecular complexity index is 1180. The number of methoxy groups -OCH3 is 1. The van der Waals surface area contributed by atoms with E-state index in [-0.39, 0.29) is 17.7 Å². The number of carbonyl (C=O) groups is 1. The molecule has 0 spiro atoms. The lowest BCUT2D eigenvalue weighted by Gasteiger charge is -2.17. The van der Waals surface area contributed by atoms with Crippen molar-refractivity contribution in [3.05, 3.63) is 75.7 Å². The molecule has 10 heteroatoms. The standard InChI is InChI=1S/C23H27N3O5S2/c1-3-18-15-32-23(25-18)20(14-16-8-11-19(12-9-16)31-33(24,28)29)26-22(27)13-10-17-6-4-5-7-21(17)30-2/h4-9,11-12,15,20H,3,10,13-14H2,1-2H3,(H,26,27)(H2,24,28,29)/t20-/m0/s1. The van der Waals surface area contributed by atoms with E-state index in [1.54, 1.807) is 19.2 Å². The molecular formula is C23H27N3O5S2. The molecule has 0 aliphatic rings. The van der Waals surface area contributed by atoms with Crippen LogP contribution in [0.5, 0.6) is 11.5 Å². The van der Waals surface area contributed by atoms with E-state index in [1.807, 2.05) is 36.6 Å². The molecule has 0 fully saturated rings. The Morgan fingerprint density at radius 2 is 1.91 bits per heavy atom. The van der Waals surface area contributed by atoms with E-state index in [4.69, 9.17) is 9.88 Å². The minimum Gasteiger partial charge on any atom is -0.496 e. The van der Waals surface area contributed by atoms with Gasteiger partial charge >= 0.3 is 10.3 Å². The van der Waals surface area contributed by atoms with E-state index >= 15 is 0 Å². The molecule has 3 aromatic rings. The lowest BCUT2D eigenvalue weighted by Crippen LogP contribution is -2.30. The van der Waals surface area contributed by atoms with E-state index in [0.29, 0.717) is 19.3 Å². The summed E-state index contributed by atoms with van der Waals surface area (Å²) in [5, 5.41) is 10.8. The molecule has 33 heavy (non-hydrogen) atoms. The number of amides is 1. The van der Waals surface area contributed by atoms with Crippen LogP contribution in [0.25, 0.3) is 0 Å². The Morgan fingerprint density at radius 1 is 1.18 bits per heavy atom. The molecule has 0 aliphatic carbocycles. The summed E-state index contributed by atoms with van der Waals surface area (Å²) in [6, 6.07) is 13.9. The highest BCUT2D eigenvalue weighted by Crippen LogP contribution is 2.25. The van der Waals surface area contributed by atoms with Crippen molar-refractivity contribution in [2.24, 2.45) is 5.14 Å². The molecule has 1 amide bonds. The monoisotopic (exact) mass is 489 g/mol. The summed E-state index contributed by atoms with van der Waals surface area (Å²) in [6.45, 7) is 2.03. The third kappa shape index (κ3) is 7.55. The zero-order valence-electron chi connectivity index (χ0n) is 18.5. The lowest BCUT2D eigenvalue weighted by molar-refractivity contribution is -0.121. The third-order valence-electron chi connectivity index (χ3n) is 4.95. The SMILES string of the molecule is CCc1csc([C@H](Cc2ccc(OS(N)(=O)=O)cc2)NC(=O)CCc2ccccc2OC)n1. The number of para-hydroxylation sites is 1. The van der Waals surface area contributed by atoms with Gasteiger partial charge in [-0.3, -0.25) is 4.79 Å². The van der Waals surface area contributed by atoms with Crippen molar-refractivity contribution in [1.82, 2.24) is 10.3 Å². The topological polar surface area (TPSA) is 121 Å². The Kier molecular flexibility index (Phi) is 8.43. The van der Waals surface area contributed by atoms with Crippen molar-refractivity contribution in [3.8, 4) is 11.5 Å². The molecule has 0 radical (unpaired) electrons. The van der Waals surface area contributed by atoms with Crippen molar-refractivity contribution < 1.29 is 22.1 Å². The predicted molar refractivity (Wildman–Crippen MR) is 128 cm³/mol. The molecule has 3 N–H and O–H groups in total. The number of benzene rings is 2. The highest BCUT2D eigenvalue weighted by Gasteiger charge is 2.19. The maximum Gasteiger partial charge on any atom is 0.380 e. The zero-order chi connectivity index (χ0) is 23.8. The van der Waals surface area contributed by atoms with Gasteiger partial charge in [-0.15, -0.1) is 11.3 Å². The van der Waals surface area contributed by atoms with Gasteiger partial charge in [-0.2, -0.15) is 13.6 Å². The summed E-state index contributed by atoms with van der Waals surface area (Å²) in [5.41, 5.74) is 2.83. The van der Waals surface area contributed by atoms with Gasteiger partial charge in [0.05, 0.1) is 18.8 Å². The summed E-state index contributed by atoms with van der Waals surface area (Å²) >= 11 is 1.51. The molecule has 8 nitrogen and oxygen atoms in total. The number of hydrogen-bond acceptors (Lipinski definition) is 7. The number of aryl methyl sites for hydroxylation is 2. The maximum absolute atomic E-state index is 12.8. The number of nitrogens with two attached hydrogens (primary N) is 1. The average Bonchev–Trinajstić information content (AvgIpc) is 3.27. The van der Waals surface area contributed by atoms with E-state index in [9.17, 15) is 13.2 Å². The van der Waals surface area contributed by atoms with Gasteiger partial charge in [0.1, 0.15) is 16.5 Å². The molecule has 1 heterocycles. The molecule has 3 rings (SSSR count). The molecule has 0 aliphatic heterocycles. The number of nitrogens with one attached hydrogen (secondary N) is 1. The van der Waals surface area contributed by atoms with Gasteiger partial charge in [0.15, 0.2) is 0 Å². The quantitative estimate of drug-likeness (QED) is 0.426. The number of aromatic nitrogens is 1. The van der Waals surface area contributed by atoms with Crippen LogP contribution in [0.3, 0.4) is 0 Å². The van der Waals surface area contributed by atoms with Gasteiger partial charge in [-0.25, -0.2) is 4.98 Å². The molecule has 2 aromatic carbocycles. The highest BCUT2D eigenvalue weighted by molar-refractivity contribution is 7.84. The first-order chi connectivity index (χ1) is 15.8. The first-order valence-corrected chi connectivity index (χ1v) is 12.8. The Labute approximate surface area is 198 Å². The zero-order valence-corrected chi connectivity index (χ0v) is 20.1. The summed E-state index contributed by atoms with van der Waals surface area (Å²) < 4.78 is 32.2. The number of rotatable bonds is 11. The van der Waals surface area contributed by atoms with Crippen molar-refractivity contribution in [3.63, 3.8) is 0 Å². The minimum atomic E-state index is -4.08. The first-order valence-electron chi connectivity index (χ1n) is 10.4. The fourth-order valence-electron chi connectivity index (χ4n) is 3.32. The molecule has 0 saturated carbocycles. The van der Waals surface area contributed by atoms with Crippen LogP contribution < -0.4 is 19.4 Å². The Balaban J connectivity index is 1.71. The molecular weight excluding hydrogens is 462 g/mol. The summed E-state index contributed by atoms with van der Waals surface area (Å²) in [6.07, 6.45) is 2.17. The summed E-state index contributed by atoms with van der Waals surface area (Å²) in [5.74, 6) is 0.797. The number of carbonyl (C=O) groups excluding carboxylic acids is 1. The molecule has 1 atom stereocenters. The predicted octanol–water partition coefficient (Wildman–Crippen LogP) is 3.33. The average molecular weight is 490 g/mol. The minimum absolute atomic E-state index is 0.0895. The molecule has 0 unspecified atom stereocenters. The first kappa shape index (κ1) is 24.7. The fraction of sp³-hybridized carbons (Fsp3) is 0.304. The van der Waals surface area contributed by atoms with Crippen LogP contribution in [0.2, 0.25) is 0 Å². The molecule has 176 valence electrons. The van der Waals surface area contributed by atoms with Gasteiger partial charge in [-0.05, 0) is 48.6 Å². The van der Waals surface area contributed by atoms with E-state index < -0.39 is 10.3 Å². The van der Waals surface area contributed by atoms with Gasteiger partial charge in [0.25, 0.3) is 0 Å². The van der Waals surface area contributed by atoms with E-state index in [2.05, 4.69) is 14.5 Å². The second-order valence-corrected chi connectivity index (χ2v) is 9.43. The van der Waals surface area contributed by atoms with Crippen LogP contribution in [0.15, 0.2) is 53.9 Å². The van der Waals surface area contributed by atoms with Gasteiger partial charge < -0.3 is 14.2 Å². The third-order valence-corrected chi connectivity index (χ3v) is 6.39. The van der Waals surface area contributed by atoms with Gasteiger partial charge in [-0.1, -0.05) is 37.3 Å². The summed E-state index contributed by atoms with van der Waals surface area (Å²) in [4.78, 5) is 17.5. The maximum atomic E-state index is 12.8. The van der Waals surface area contributed by atoms with Crippen LogP contribution in [0.1, 0.15) is 41.2 Å². The van der Waals surface area contributed by atoms with Crippen LogP contribution in [0.4, 0.5) is 0 Å². The second kappa shape index (κ2) is 11.3. The van der Waals surface area contributed by atoms with Crippen LogP contribution >= 0.6 is 11.3 Å². The van der Waals surface area contributed by atoms with Crippen molar-refractivity contribution in [2.45, 2.75) is 38.6 Å². The Morgan fingerprint density at radius 3 is 2.55 bits per heavy atom. The van der Waals surface area contributed by atoms with Crippen molar-refractivity contribution >= 4 is 27.5 Å². The van der Waals surface area contributed by atoms with Crippen molar-refractivity contribution in [1.29, 1.82) is 0 Å². The lowest BCUT2D eigenvalue weighted by atomic mass is 10.0.